The number of benzene rings is 3. The van der Waals surface area contributed by atoms with Crippen molar-refractivity contribution < 1.29 is 9.53 Å². The van der Waals surface area contributed by atoms with Gasteiger partial charge in [-0.25, -0.2) is 4.98 Å². The van der Waals surface area contributed by atoms with Gasteiger partial charge in [0.1, 0.15) is 11.9 Å². The molecule has 5 rings (SSSR count). The summed E-state index contributed by atoms with van der Waals surface area (Å²) in [7, 11) is 0. The molecule has 1 fully saturated rings. The molecule has 2 heterocycles. The van der Waals surface area contributed by atoms with Gasteiger partial charge in [-0.1, -0.05) is 71.7 Å². The van der Waals surface area contributed by atoms with Gasteiger partial charge in [0, 0.05) is 42.6 Å². The van der Waals surface area contributed by atoms with Crippen LogP contribution in [0.2, 0.25) is 10.0 Å². The van der Waals surface area contributed by atoms with E-state index in [1.54, 1.807) is 0 Å². The lowest BCUT2D eigenvalue weighted by molar-refractivity contribution is -0.123. The topological polar surface area (TPSA) is 59.4 Å². The highest BCUT2D eigenvalue weighted by molar-refractivity contribution is 6.36. The molecule has 186 valence electrons. The third-order valence-electron chi connectivity index (χ3n) is 6.52. The highest BCUT2D eigenvalue weighted by Crippen LogP contribution is 2.31. The second-order valence-electron chi connectivity index (χ2n) is 8.82. The molecule has 0 radical (unpaired) electrons. The number of morpholine rings is 1. The fourth-order valence-electron chi connectivity index (χ4n) is 4.68. The largest absolute Gasteiger partial charge is 0.379 e. The summed E-state index contributed by atoms with van der Waals surface area (Å²) >= 11 is 13.0. The van der Waals surface area contributed by atoms with Gasteiger partial charge in [0.25, 0.3) is 0 Å². The first kappa shape index (κ1) is 24.8. The number of nitrogens with one attached hydrogen (secondary N) is 1. The van der Waals surface area contributed by atoms with Gasteiger partial charge < -0.3 is 14.6 Å². The first-order valence-corrected chi connectivity index (χ1v) is 12.9. The van der Waals surface area contributed by atoms with Crippen LogP contribution in [-0.2, 0) is 16.0 Å². The molecule has 1 aromatic heterocycles. The van der Waals surface area contributed by atoms with Gasteiger partial charge in [-0.3, -0.25) is 9.69 Å². The fourth-order valence-corrected chi connectivity index (χ4v) is 5.21. The molecule has 1 atom stereocenters. The Morgan fingerprint density at radius 1 is 0.944 bits per heavy atom. The first-order chi connectivity index (χ1) is 17.6. The lowest BCUT2D eigenvalue weighted by Gasteiger charge is -2.27. The molecule has 0 spiro atoms. The van der Waals surface area contributed by atoms with E-state index in [2.05, 4.69) is 10.2 Å². The van der Waals surface area contributed by atoms with Gasteiger partial charge in [0.15, 0.2) is 0 Å². The number of hydrogen-bond donors (Lipinski definition) is 1. The molecular weight excluding hydrogens is 495 g/mol. The van der Waals surface area contributed by atoms with Crippen LogP contribution in [-0.4, -0.2) is 59.8 Å². The van der Waals surface area contributed by atoms with E-state index < -0.39 is 6.04 Å². The number of fused-ring (bicyclic) bond motifs is 1. The number of imidazole rings is 1. The van der Waals surface area contributed by atoms with E-state index in [-0.39, 0.29) is 5.91 Å². The Balaban J connectivity index is 1.52. The maximum atomic E-state index is 13.8. The van der Waals surface area contributed by atoms with Gasteiger partial charge >= 0.3 is 0 Å². The van der Waals surface area contributed by atoms with Crippen molar-refractivity contribution in [2.75, 3.05) is 39.4 Å². The number of hydrogen-bond acceptors (Lipinski definition) is 4. The van der Waals surface area contributed by atoms with Crippen molar-refractivity contribution >= 4 is 40.1 Å². The number of rotatable bonds is 8. The normalized spacial score (nSPS) is 15.2. The molecule has 1 aliphatic heterocycles. The molecule has 0 saturated carbocycles. The second kappa shape index (κ2) is 11.4. The molecule has 1 aliphatic rings. The SMILES string of the molecule is O=C(NCCN1CCOCC1)C(c1ccccc1)n1c(Cc2c(Cl)cccc2Cl)nc2ccccc21. The van der Waals surface area contributed by atoms with Crippen LogP contribution in [0.4, 0.5) is 0 Å². The molecular formula is C28H28Cl2N4O2. The Hall–Kier alpha value is -2.90. The van der Waals surface area contributed by atoms with E-state index in [4.69, 9.17) is 32.9 Å². The van der Waals surface area contributed by atoms with Crippen LogP contribution in [0.25, 0.3) is 11.0 Å². The molecule has 0 aliphatic carbocycles. The summed E-state index contributed by atoms with van der Waals surface area (Å²) < 4.78 is 7.46. The number of carbonyl (C=O) groups is 1. The zero-order chi connectivity index (χ0) is 24.9. The van der Waals surface area contributed by atoms with Crippen LogP contribution in [0.5, 0.6) is 0 Å². The van der Waals surface area contributed by atoms with Crippen LogP contribution in [0.1, 0.15) is 23.0 Å². The molecule has 8 heteroatoms. The molecule has 0 bridgehead atoms. The summed E-state index contributed by atoms with van der Waals surface area (Å²) in [4.78, 5) is 21.0. The number of carbonyl (C=O) groups excluding carboxylic acids is 1. The van der Waals surface area contributed by atoms with Gasteiger partial charge in [-0.15, -0.1) is 0 Å². The molecule has 6 nitrogen and oxygen atoms in total. The summed E-state index contributed by atoms with van der Waals surface area (Å²) in [6.07, 6.45) is 0.400. The van der Waals surface area contributed by atoms with Crippen LogP contribution in [0.3, 0.4) is 0 Å². The molecule has 1 amide bonds. The monoisotopic (exact) mass is 522 g/mol. The van der Waals surface area contributed by atoms with Crippen molar-refractivity contribution in [1.82, 2.24) is 19.8 Å². The molecule has 1 N–H and O–H groups in total. The van der Waals surface area contributed by atoms with E-state index in [0.29, 0.717) is 23.0 Å². The Kier molecular flexibility index (Phi) is 7.87. The van der Waals surface area contributed by atoms with E-state index in [1.807, 2.05) is 77.4 Å². The highest BCUT2D eigenvalue weighted by atomic mass is 35.5. The zero-order valence-corrected chi connectivity index (χ0v) is 21.4. The summed E-state index contributed by atoms with van der Waals surface area (Å²) in [5, 5.41) is 4.33. The van der Waals surface area contributed by atoms with Crippen molar-refractivity contribution in [3.8, 4) is 0 Å². The second-order valence-corrected chi connectivity index (χ2v) is 9.64. The van der Waals surface area contributed by atoms with E-state index in [0.717, 1.165) is 60.8 Å². The Labute approximate surface area is 220 Å². The highest BCUT2D eigenvalue weighted by Gasteiger charge is 2.28. The van der Waals surface area contributed by atoms with Crippen LogP contribution < -0.4 is 5.32 Å². The Morgan fingerprint density at radius 2 is 1.64 bits per heavy atom. The molecule has 1 unspecified atom stereocenters. The Morgan fingerprint density at radius 3 is 2.39 bits per heavy atom. The minimum absolute atomic E-state index is 0.0795. The number of ether oxygens (including phenoxy) is 1. The van der Waals surface area contributed by atoms with Crippen molar-refractivity contribution in [2.45, 2.75) is 12.5 Å². The number of para-hydroxylation sites is 2. The minimum atomic E-state index is -0.598. The number of aromatic nitrogens is 2. The predicted molar refractivity (Wildman–Crippen MR) is 144 cm³/mol. The maximum Gasteiger partial charge on any atom is 0.247 e. The first-order valence-electron chi connectivity index (χ1n) is 12.1. The lowest BCUT2D eigenvalue weighted by Crippen LogP contribution is -2.43. The number of nitrogens with zero attached hydrogens (tertiary/aromatic N) is 3. The smallest absolute Gasteiger partial charge is 0.247 e. The van der Waals surface area contributed by atoms with Gasteiger partial charge in [-0.2, -0.15) is 0 Å². The van der Waals surface area contributed by atoms with Crippen molar-refractivity contribution in [3.63, 3.8) is 0 Å². The van der Waals surface area contributed by atoms with Crippen molar-refractivity contribution in [3.05, 3.63) is 99.8 Å². The number of amides is 1. The quantitative estimate of drug-likeness (QED) is 0.354. The van der Waals surface area contributed by atoms with E-state index in [9.17, 15) is 4.79 Å². The standard InChI is InChI=1S/C28H28Cl2N4O2/c29-22-9-6-10-23(30)21(22)19-26-32-24-11-4-5-12-25(24)34(26)27(20-7-2-1-3-8-20)28(35)31-13-14-33-15-17-36-18-16-33/h1-12,27H,13-19H2,(H,31,35). The van der Waals surface area contributed by atoms with Crippen LogP contribution in [0, 0.1) is 0 Å². The van der Waals surface area contributed by atoms with E-state index in [1.165, 1.54) is 0 Å². The molecule has 1 saturated heterocycles. The molecule has 4 aromatic rings. The van der Waals surface area contributed by atoms with Crippen LogP contribution >= 0.6 is 23.2 Å². The lowest BCUT2D eigenvalue weighted by atomic mass is 10.0. The van der Waals surface area contributed by atoms with Gasteiger partial charge in [-0.05, 0) is 35.4 Å². The predicted octanol–water partition coefficient (Wildman–Crippen LogP) is 4.97. The average molecular weight is 523 g/mol. The third kappa shape index (κ3) is 5.42. The molecule has 36 heavy (non-hydrogen) atoms. The van der Waals surface area contributed by atoms with Crippen molar-refractivity contribution in [2.24, 2.45) is 0 Å². The minimum Gasteiger partial charge on any atom is -0.379 e. The average Bonchev–Trinajstić information content (AvgIpc) is 3.25. The summed E-state index contributed by atoms with van der Waals surface area (Å²) in [5.41, 5.74) is 3.37. The maximum absolute atomic E-state index is 13.8. The number of halogens is 2. The Bertz CT molecular complexity index is 1320. The van der Waals surface area contributed by atoms with Crippen LogP contribution in [0.15, 0.2) is 72.8 Å². The summed E-state index contributed by atoms with van der Waals surface area (Å²) in [6.45, 7) is 4.56. The molecule has 3 aromatic carbocycles. The third-order valence-corrected chi connectivity index (χ3v) is 7.23. The fraction of sp³-hybridized carbons (Fsp3) is 0.286. The summed E-state index contributed by atoms with van der Waals surface area (Å²) in [5.74, 6) is 0.646. The zero-order valence-electron chi connectivity index (χ0n) is 19.9. The van der Waals surface area contributed by atoms with Gasteiger partial charge in [0.05, 0.1) is 24.2 Å². The van der Waals surface area contributed by atoms with E-state index >= 15 is 0 Å². The summed E-state index contributed by atoms with van der Waals surface area (Å²) in [6, 6.07) is 22.6. The van der Waals surface area contributed by atoms with Crippen molar-refractivity contribution in [1.29, 1.82) is 0 Å². The van der Waals surface area contributed by atoms with Gasteiger partial charge in [0.2, 0.25) is 5.91 Å².